The highest BCUT2D eigenvalue weighted by Crippen LogP contribution is 2.39. The first kappa shape index (κ1) is 54.7. The maximum atomic E-state index is 12.4. The molecule has 0 aliphatic rings. The first-order valence-corrected chi connectivity index (χ1v) is 27.1. The van der Waals surface area contributed by atoms with Gasteiger partial charge >= 0.3 is 11.9 Å². The van der Waals surface area contributed by atoms with Gasteiger partial charge in [0.2, 0.25) is 0 Å². The van der Waals surface area contributed by atoms with Crippen LogP contribution in [-0.2, 0) is 38.3 Å². The van der Waals surface area contributed by atoms with E-state index in [0.717, 1.165) is 121 Å². The minimum atomic E-state index is -0.393. The van der Waals surface area contributed by atoms with Gasteiger partial charge in [-0.25, -0.2) is 9.59 Å². The number of hydrogen-bond donors (Lipinski definition) is 0. The van der Waals surface area contributed by atoms with Crippen molar-refractivity contribution in [2.45, 2.75) is 149 Å². The molecule has 0 aromatic heterocycles. The summed E-state index contributed by atoms with van der Waals surface area (Å²) in [6, 6.07) is 53.5. The molecule has 6 aromatic carbocycles. The molecule has 0 saturated carbocycles. The third-order valence-electron chi connectivity index (χ3n) is 13.6. The van der Waals surface area contributed by atoms with Crippen molar-refractivity contribution >= 4 is 46.1 Å². The Morgan fingerprint density at radius 3 is 1.12 bits per heavy atom. The number of hydrogen-bond acceptors (Lipinski definition) is 6. The lowest BCUT2D eigenvalue weighted by atomic mass is 10.0. The molecule has 0 amide bonds. The number of carbonyl (C=O) groups is 2. The molecule has 0 bridgehead atoms. The van der Waals surface area contributed by atoms with E-state index in [1.807, 2.05) is 0 Å². The SMILES string of the molecule is C=CC(=O)OCCCCCCc1ccc(N(c2ccc(CCCCCC)cc2)c2ccc(-c3ccc(N(c4ccc(CCCCCC)cc4)c4ccc(C(CCCCC)OC(=O)C=C)cc4)cc3)cc2)cc1. The summed E-state index contributed by atoms with van der Waals surface area (Å²) >= 11 is 0. The fraction of sp³-hybridized carbons (Fsp3) is 0.364. The van der Waals surface area contributed by atoms with Gasteiger partial charge in [0.25, 0.3) is 0 Å². The van der Waals surface area contributed by atoms with Crippen LogP contribution in [0.5, 0.6) is 0 Å². The average Bonchev–Trinajstić information content (AvgIpc) is 3.42. The number of aryl methyl sites for hydroxylation is 3. The van der Waals surface area contributed by atoms with E-state index < -0.39 is 5.97 Å². The zero-order valence-electron chi connectivity index (χ0n) is 43.7. The molecule has 0 aliphatic heterocycles. The molecule has 378 valence electrons. The molecule has 0 N–H and O–H groups in total. The molecule has 1 atom stereocenters. The maximum Gasteiger partial charge on any atom is 0.330 e. The zero-order chi connectivity index (χ0) is 50.8. The Kier molecular flexibility index (Phi) is 23.0. The van der Waals surface area contributed by atoms with Gasteiger partial charge in [-0.1, -0.05) is 171 Å². The summed E-state index contributed by atoms with van der Waals surface area (Å²) in [5.41, 5.74) is 13.9. The van der Waals surface area contributed by atoms with Gasteiger partial charge in [0.1, 0.15) is 6.10 Å². The molecule has 0 heterocycles. The number of esters is 2. The number of anilines is 6. The first-order chi connectivity index (χ1) is 35.3. The lowest BCUT2D eigenvalue weighted by molar-refractivity contribution is -0.143. The van der Waals surface area contributed by atoms with Crippen molar-refractivity contribution in [3.63, 3.8) is 0 Å². The molecule has 0 saturated heterocycles. The van der Waals surface area contributed by atoms with Crippen molar-refractivity contribution in [2.24, 2.45) is 0 Å². The minimum absolute atomic E-state index is 0.318. The molecule has 0 aliphatic carbocycles. The molecule has 0 radical (unpaired) electrons. The highest BCUT2D eigenvalue weighted by molar-refractivity contribution is 5.83. The molecule has 1 unspecified atom stereocenters. The van der Waals surface area contributed by atoms with Crippen LogP contribution in [-0.4, -0.2) is 18.5 Å². The zero-order valence-corrected chi connectivity index (χ0v) is 43.7. The molecule has 6 aromatic rings. The summed E-state index contributed by atoms with van der Waals surface area (Å²) in [6.07, 6.45) is 23.4. The molecule has 0 fully saturated rings. The second kappa shape index (κ2) is 30.3. The van der Waals surface area contributed by atoms with Crippen LogP contribution in [0.4, 0.5) is 34.1 Å². The number of unbranched alkanes of at least 4 members (excludes halogenated alkanes) is 11. The predicted molar refractivity (Wildman–Crippen MR) is 303 cm³/mol. The molecule has 6 nitrogen and oxygen atoms in total. The Balaban J connectivity index is 1.23. The quantitative estimate of drug-likeness (QED) is 0.0238. The largest absolute Gasteiger partial charge is 0.463 e. The fourth-order valence-electron chi connectivity index (χ4n) is 9.36. The fourth-order valence-corrected chi connectivity index (χ4v) is 9.36. The third kappa shape index (κ3) is 17.0. The van der Waals surface area contributed by atoms with Crippen LogP contribution in [0.1, 0.15) is 152 Å². The van der Waals surface area contributed by atoms with E-state index in [1.165, 1.54) is 80.2 Å². The van der Waals surface area contributed by atoms with Crippen LogP contribution in [0.15, 0.2) is 171 Å². The molecular formula is C66H80N2O4. The molecule has 0 spiro atoms. The van der Waals surface area contributed by atoms with Crippen LogP contribution >= 0.6 is 0 Å². The van der Waals surface area contributed by atoms with E-state index in [0.29, 0.717) is 6.61 Å². The van der Waals surface area contributed by atoms with Crippen LogP contribution in [0.2, 0.25) is 0 Å². The summed E-state index contributed by atoms with van der Waals surface area (Å²) in [4.78, 5) is 28.4. The Morgan fingerprint density at radius 1 is 0.417 bits per heavy atom. The van der Waals surface area contributed by atoms with Crippen LogP contribution in [0.25, 0.3) is 11.1 Å². The maximum absolute atomic E-state index is 12.4. The van der Waals surface area contributed by atoms with Gasteiger partial charge < -0.3 is 19.3 Å². The lowest BCUT2D eigenvalue weighted by Gasteiger charge is -2.27. The summed E-state index contributed by atoms with van der Waals surface area (Å²) in [5.74, 6) is -0.745. The highest BCUT2D eigenvalue weighted by Gasteiger charge is 2.19. The van der Waals surface area contributed by atoms with E-state index in [1.54, 1.807) is 0 Å². The van der Waals surface area contributed by atoms with Crippen LogP contribution < -0.4 is 9.80 Å². The van der Waals surface area contributed by atoms with E-state index >= 15 is 0 Å². The first-order valence-electron chi connectivity index (χ1n) is 27.1. The van der Waals surface area contributed by atoms with E-state index in [-0.39, 0.29) is 12.1 Å². The Bertz CT molecular complexity index is 2510. The van der Waals surface area contributed by atoms with Gasteiger partial charge in [0.15, 0.2) is 0 Å². The van der Waals surface area contributed by atoms with E-state index in [2.05, 4.69) is 189 Å². The Hall–Kier alpha value is -6.66. The number of nitrogens with zero attached hydrogens (tertiary/aromatic N) is 2. The molecule has 72 heavy (non-hydrogen) atoms. The van der Waals surface area contributed by atoms with Gasteiger partial charge in [-0.3, -0.25) is 0 Å². The topological polar surface area (TPSA) is 59.1 Å². The van der Waals surface area contributed by atoms with Crippen LogP contribution in [0.3, 0.4) is 0 Å². The van der Waals surface area contributed by atoms with Crippen molar-refractivity contribution in [1.29, 1.82) is 0 Å². The number of carbonyl (C=O) groups excluding carboxylic acids is 2. The van der Waals surface area contributed by atoms with Crippen molar-refractivity contribution in [1.82, 2.24) is 0 Å². The normalized spacial score (nSPS) is 11.4. The standard InChI is InChI=1S/C66H80N2O4/c1-6-11-14-19-23-52-27-39-58(40-28-52)67(59-41-31-54(32-42-59)25-21-16-17-22-51-71-65(69)9-4)61-45-33-55(34-46-61)56-35-47-62(48-36-56)68(60-43-29-53(30-44-60)24-20-15-12-7-2)63-49-37-57(38-50-63)64(26-18-13-8-3)72-66(70)10-5/h9-10,27-50,64H,4-8,11-26,51H2,1-3H3. The van der Waals surface area contributed by atoms with Gasteiger partial charge in [-0.2, -0.15) is 0 Å². The second-order valence-corrected chi connectivity index (χ2v) is 19.1. The van der Waals surface area contributed by atoms with Gasteiger partial charge in [0.05, 0.1) is 6.61 Å². The van der Waals surface area contributed by atoms with Crippen molar-refractivity contribution in [3.8, 4) is 11.1 Å². The Labute approximate surface area is 432 Å². The summed E-state index contributed by atoms with van der Waals surface area (Å²) in [6.45, 7) is 14.3. The summed E-state index contributed by atoms with van der Waals surface area (Å²) in [5, 5.41) is 0. The predicted octanol–water partition coefficient (Wildman–Crippen LogP) is 18.7. The van der Waals surface area contributed by atoms with Gasteiger partial charge in [0, 0.05) is 46.3 Å². The molecular weight excluding hydrogens is 885 g/mol. The van der Waals surface area contributed by atoms with E-state index in [9.17, 15) is 9.59 Å². The number of benzene rings is 6. The van der Waals surface area contributed by atoms with Gasteiger partial charge in [-0.05, 0) is 164 Å². The summed E-state index contributed by atoms with van der Waals surface area (Å²) in [7, 11) is 0. The molecule has 6 heteroatoms. The Morgan fingerprint density at radius 2 is 0.750 bits per heavy atom. The minimum Gasteiger partial charge on any atom is -0.463 e. The summed E-state index contributed by atoms with van der Waals surface area (Å²) < 4.78 is 11.0. The smallest absolute Gasteiger partial charge is 0.330 e. The third-order valence-corrected chi connectivity index (χ3v) is 13.6. The van der Waals surface area contributed by atoms with Gasteiger partial charge in [-0.15, -0.1) is 0 Å². The van der Waals surface area contributed by atoms with Crippen LogP contribution in [0, 0.1) is 0 Å². The van der Waals surface area contributed by atoms with Crippen molar-refractivity contribution in [3.05, 3.63) is 193 Å². The monoisotopic (exact) mass is 965 g/mol. The van der Waals surface area contributed by atoms with Crippen molar-refractivity contribution < 1.29 is 19.1 Å². The van der Waals surface area contributed by atoms with E-state index in [4.69, 9.17) is 9.47 Å². The highest BCUT2D eigenvalue weighted by atomic mass is 16.5. The lowest BCUT2D eigenvalue weighted by Crippen LogP contribution is -2.12. The average molecular weight is 965 g/mol. The second-order valence-electron chi connectivity index (χ2n) is 19.1. The molecule has 6 rings (SSSR count). The number of ether oxygens (including phenoxy) is 2. The number of rotatable bonds is 32. The van der Waals surface area contributed by atoms with Crippen molar-refractivity contribution in [2.75, 3.05) is 16.4 Å².